The Balaban J connectivity index is 0.000000458. The van der Waals surface area contributed by atoms with Crippen molar-refractivity contribution >= 4 is 5.97 Å². The number of allylic oxidation sites excluding steroid dienone is 2. The van der Waals surface area contributed by atoms with Gasteiger partial charge in [-0.05, 0) is 98.2 Å². The van der Waals surface area contributed by atoms with E-state index in [4.69, 9.17) is 5.11 Å². The minimum Gasteiger partial charge on any atom is -0.481 e. The van der Waals surface area contributed by atoms with E-state index in [0.717, 1.165) is 36.0 Å². The molecule has 6 unspecified atom stereocenters. The molecule has 0 aromatic heterocycles. The van der Waals surface area contributed by atoms with Crippen LogP contribution >= 0.6 is 0 Å². The summed E-state index contributed by atoms with van der Waals surface area (Å²) in [6.45, 7) is 7.44. The van der Waals surface area contributed by atoms with Gasteiger partial charge in [0, 0.05) is 6.42 Å². The zero-order valence-electron chi connectivity index (χ0n) is 19.2. The van der Waals surface area contributed by atoms with Crippen molar-refractivity contribution < 1.29 is 9.90 Å². The number of carboxylic acids is 1. The summed E-state index contributed by atoms with van der Waals surface area (Å²) >= 11 is 0. The van der Waals surface area contributed by atoms with Crippen molar-refractivity contribution in [3.8, 4) is 0 Å². The van der Waals surface area contributed by atoms with Gasteiger partial charge in [-0.25, -0.2) is 0 Å². The molecule has 1 N–H and O–H groups in total. The molecule has 0 saturated heterocycles. The molecule has 0 amide bonds. The first-order valence-corrected chi connectivity index (χ1v) is 12.8. The monoisotopic (exact) mass is 400 g/mol. The Morgan fingerprint density at radius 3 is 2.45 bits per heavy atom. The summed E-state index contributed by atoms with van der Waals surface area (Å²) in [6.07, 6.45) is 20.5. The van der Waals surface area contributed by atoms with Gasteiger partial charge < -0.3 is 5.11 Å². The van der Waals surface area contributed by atoms with Crippen molar-refractivity contribution in [1.29, 1.82) is 0 Å². The maximum absolute atomic E-state index is 10.9. The molecule has 5 aliphatic rings. The first-order valence-electron chi connectivity index (χ1n) is 12.8. The van der Waals surface area contributed by atoms with E-state index < -0.39 is 5.97 Å². The number of hydrogen-bond acceptors (Lipinski definition) is 1. The molecule has 0 radical (unpaired) electrons. The second kappa shape index (κ2) is 8.39. The molecule has 5 aliphatic carbocycles. The average Bonchev–Trinajstić information content (AvgIpc) is 3.39. The fourth-order valence-electron chi connectivity index (χ4n) is 8.01. The summed E-state index contributed by atoms with van der Waals surface area (Å²) in [6, 6.07) is 0. The number of aliphatic carboxylic acids is 1. The number of hydrogen-bond donors (Lipinski definition) is 1. The van der Waals surface area contributed by atoms with Gasteiger partial charge in [-0.3, -0.25) is 4.79 Å². The van der Waals surface area contributed by atoms with Crippen LogP contribution in [0.4, 0.5) is 0 Å². The van der Waals surface area contributed by atoms with Crippen LogP contribution in [0.5, 0.6) is 0 Å². The van der Waals surface area contributed by atoms with Gasteiger partial charge in [-0.2, -0.15) is 0 Å². The Morgan fingerprint density at radius 1 is 1.00 bits per heavy atom. The third-order valence-corrected chi connectivity index (χ3v) is 10.0. The molecule has 5 fully saturated rings. The van der Waals surface area contributed by atoms with Gasteiger partial charge in [0.2, 0.25) is 0 Å². The maximum Gasteiger partial charge on any atom is 0.303 e. The molecule has 0 spiro atoms. The Kier molecular flexibility index (Phi) is 6.20. The highest BCUT2D eigenvalue weighted by Gasteiger charge is 2.58. The van der Waals surface area contributed by atoms with Gasteiger partial charge in [0.25, 0.3) is 0 Å². The largest absolute Gasteiger partial charge is 0.481 e. The molecule has 0 aliphatic heterocycles. The van der Waals surface area contributed by atoms with Crippen molar-refractivity contribution in [2.45, 2.75) is 111 Å². The fourth-order valence-corrected chi connectivity index (χ4v) is 8.01. The molecule has 2 heteroatoms. The third kappa shape index (κ3) is 4.19. The van der Waals surface area contributed by atoms with E-state index >= 15 is 0 Å². The number of fused-ring (bicyclic) bond motifs is 5. The highest BCUT2D eigenvalue weighted by Crippen LogP contribution is 2.67. The summed E-state index contributed by atoms with van der Waals surface area (Å²) in [5, 5.41) is 8.95. The van der Waals surface area contributed by atoms with Gasteiger partial charge in [0.15, 0.2) is 0 Å². The second-order valence-corrected chi connectivity index (χ2v) is 11.7. The van der Waals surface area contributed by atoms with Gasteiger partial charge >= 0.3 is 5.97 Å². The highest BCUT2D eigenvalue weighted by atomic mass is 16.4. The Hall–Kier alpha value is -0.790. The molecule has 0 aromatic carbocycles. The Bertz CT molecular complexity index is 632. The minimum atomic E-state index is -0.663. The van der Waals surface area contributed by atoms with Crippen molar-refractivity contribution in [2.24, 2.45) is 40.4 Å². The van der Waals surface area contributed by atoms with E-state index in [1.54, 1.807) is 5.57 Å². The van der Waals surface area contributed by atoms with E-state index in [2.05, 4.69) is 26.8 Å². The molecule has 0 heterocycles. The lowest BCUT2D eigenvalue weighted by molar-refractivity contribution is -0.136. The lowest BCUT2D eigenvalue weighted by atomic mass is 9.45. The number of carbonyl (C=O) groups is 1. The molecule has 164 valence electrons. The van der Waals surface area contributed by atoms with E-state index in [-0.39, 0.29) is 6.42 Å². The molecule has 6 atom stereocenters. The van der Waals surface area contributed by atoms with Crippen molar-refractivity contribution in [3.05, 3.63) is 11.6 Å². The zero-order chi connectivity index (χ0) is 20.6. The number of rotatable bonds is 3. The van der Waals surface area contributed by atoms with Crippen LogP contribution in [0.25, 0.3) is 0 Å². The molecule has 29 heavy (non-hydrogen) atoms. The first-order chi connectivity index (χ1) is 13.8. The minimum absolute atomic E-state index is 0.288. The van der Waals surface area contributed by atoms with Crippen molar-refractivity contribution in [1.82, 2.24) is 0 Å². The molecule has 5 saturated carbocycles. The van der Waals surface area contributed by atoms with Crippen molar-refractivity contribution in [3.63, 3.8) is 0 Å². The smallest absolute Gasteiger partial charge is 0.303 e. The normalized spacial score (nSPS) is 44.9. The zero-order valence-corrected chi connectivity index (χ0v) is 19.2. The first kappa shape index (κ1) is 21.4. The third-order valence-electron chi connectivity index (χ3n) is 10.0. The van der Waals surface area contributed by atoms with Crippen LogP contribution in [-0.4, -0.2) is 11.1 Å². The SMILES string of the molecule is CC12CCC3C(CCC4CCCCC43C)C1CC/C2=C\CCC(=O)O.CC1CC1. The lowest BCUT2D eigenvalue weighted by Crippen LogP contribution is -2.52. The van der Waals surface area contributed by atoms with Gasteiger partial charge in [-0.15, -0.1) is 0 Å². The summed E-state index contributed by atoms with van der Waals surface area (Å²) < 4.78 is 0. The topological polar surface area (TPSA) is 37.3 Å². The summed E-state index contributed by atoms with van der Waals surface area (Å²) in [7, 11) is 0. The molecular formula is C27H44O2. The quantitative estimate of drug-likeness (QED) is 0.494. The van der Waals surface area contributed by atoms with Gasteiger partial charge in [0.1, 0.15) is 0 Å². The fraction of sp³-hybridized carbons (Fsp3) is 0.889. The Labute approximate surface area is 178 Å². The van der Waals surface area contributed by atoms with Crippen LogP contribution in [0.15, 0.2) is 11.6 Å². The molecule has 0 bridgehead atoms. The number of carboxylic acid groups (broad SMARTS) is 1. The highest BCUT2D eigenvalue weighted by molar-refractivity contribution is 5.66. The molecular weight excluding hydrogens is 356 g/mol. The summed E-state index contributed by atoms with van der Waals surface area (Å²) in [5.41, 5.74) is 2.60. The van der Waals surface area contributed by atoms with E-state index in [0.29, 0.717) is 10.8 Å². The van der Waals surface area contributed by atoms with Gasteiger partial charge in [0.05, 0.1) is 0 Å². The molecule has 0 aromatic rings. The van der Waals surface area contributed by atoms with Crippen LogP contribution in [0.3, 0.4) is 0 Å². The van der Waals surface area contributed by atoms with E-state index in [9.17, 15) is 4.79 Å². The predicted octanol–water partition coefficient (Wildman–Crippen LogP) is 7.63. The van der Waals surface area contributed by atoms with Crippen molar-refractivity contribution in [2.75, 3.05) is 0 Å². The Morgan fingerprint density at radius 2 is 1.76 bits per heavy atom. The summed E-state index contributed by atoms with van der Waals surface area (Å²) in [5.74, 6) is 4.18. The predicted molar refractivity (Wildman–Crippen MR) is 120 cm³/mol. The van der Waals surface area contributed by atoms with Crippen LogP contribution < -0.4 is 0 Å². The summed E-state index contributed by atoms with van der Waals surface area (Å²) in [4.78, 5) is 10.9. The maximum atomic E-state index is 10.9. The molecule has 2 nitrogen and oxygen atoms in total. The average molecular weight is 401 g/mol. The van der Waals surface area contributed by atoms with Crippen LogP contribution in [-0.2, 0) is 4.79 Å². The van der Waals surface area contributed by atoms with Crippen LogP contribution in [0, 0.1) is 40.4 Å². The second-order valence-electron chi connectivity index (χ2n) is 11.7. The molecule has 5 rings (SSSR count). The van der Waals surface area contributed by atoms with Crippen LogP contribution in [0.2, 0.25) is 0 Å². The van der Waals surface area contributed by atoms with Gasteiger partial charge in [-0.1, -0.05) is 58.1 Å². The van der Waals surface area contributed by atoms with E-state index in [1.807, 2.05) is 0 Å². The lowest BCUT2D eigenvalue weighted by Gasteiger charge is -2.60. The standard InChI is InChI=1S/C23H36O2.C4H8/c1-22-14-4-3-6-16(22)9-11-18-19-12-10-17(7-5-8-21(24)25)23(19,2)15-13-20(18)22;1-4-2-3-4/h7,16,18-20H,3-6,8-15H2,1-2H3,(H,24,25);4H,2-3H2,1H3/b17-7+;. The van der Waals surface area contributed by atoms with E-state index in [1.165, 1.54) is 77.0 Å². The van der Waals surface area contributed by atoms with Crippen LogP contribution in [0.1, 0.15) is 111 Å².